The van der Waals surface area contributed by atoms with Gasteiger partial charge < -0.3 is 19.7 Å². The van der Waals surface area contributed by atoms with E-state index >= 15 is 0 Å². The molecule has 2 N–H and O–H groups in total. The van der Waals surface area contributed by atoms with E-state index in [2.05, 4.69) is 5.32 Å². The predicted octanol–water partition coefficient (Wildman–Crippen LogP) is 1.86. The molecule has 0 aliphatic carbocycles. The first-order valence-corrected chi connectivity index (χ1v) is 7.63. The van der Waals surface area contributed by atoms with Crippen molar-refractivity contribution in [3.05, 3.63) is 42.4 Å². The summed E-state index contributed by atoms with van der Waals surface area (Å²) in [6.07, 6.45) is 2.14. The van der Waals surface area contributed by atoms with Crippen LogP contribution < -0.4 is 5.32 Å². The van der Waals surface area contributed by atoms with Gasteiger partial charge in [0.2, 0.25) is 0 Å². The van der Waals surface area contributed by atoms with Gasteiger partial charge >= 0.3 is 11.8 Å². The van der Waals surface area contributed by atoms with E-state index in [1.165, 1.54) is 29.4 Å². The smallest absolute Gasteiger partial charge is 0.313 e. The first-order valence-electron chi connectivity index (χ1n) is 7.63. The van der Waals surface area contributed by atoms with Crippen molar-refractivity contribution in [2.75, 3.05) is 25.0 Å². The van der Waals surface area contributed by atoms with Crippen LogP contribution in [-0.4, -0.2) is 41.5 Å². The zero-order chi connectivity index (χ0) is 17.1. The minimum atomic E-state index is -0.899. The first kappa shape index (κ1) is 16.2. The summed E-state index contributed by atoms with van der Waals surface area (Å²) in [5.74, 6) is -1.75. The van der Waals surface area contributed by atoms with E-state index in [0.29, 0.717) is 30.8 Å². The van der Waals surface area contributed by atoms with Crippen molar-refractivity contribution in [3.8, 4) is 11.3 Å². The van der Waals surface area contributed by atoms with Gasteiger partial charge in [-0.15, -0.1) is 0 Å². The quantitative estimate of drug-likeness (QED) is 0.841. The van der Waals surface area contributed by atoms with Gasteiger partial charge in [0.05, 0.1) is 12.0 Å². The average molecular weight is 332 g/mol. The van der Waals surface area contributed by atoms with Gasteiger partial charge in [0.1, 0.15) is 11.6 Å². The minimum absolute atomic E-state index is 0.0132. The van der Waals surface area contributed by atoms with E-state index in [1.807, 2.05) is 0 Å². The number of anilines is 1. The molecule has 1 aromatic heterocycles. The standard InChI is InChI=1S/C17H17FN2O4/c18-13-4-3-12(15-2-1-7-24-15)8-14(13)19-16(22)17(23)20-6-5-11(9-20)10-21/h1-4,7-8,11,21H,5-6,9-10H2,(H,19,22). The number of carbonyl (C=O) groups is 2. The second-order valence-electron chi connectivity index (χ2n) is 5.71. The summed E-state index contributed by atoms with van der Waals surface area (Å²) < 4.78 is 19.2. The zero-order valence-electron chi connectivity index (χ0n) is 12.9. The van der Waals surface area contributed by atoms with Gasteiger partial charge in [-0.2, -0.15) is 0 Å². The Hall–Kier alpha value is -2.67. The largest absolute Gasteiger partial charge is 0.464 e. The summed E-state index contributed by atoms with van der Waals surface area (Å²) in [6, 6.07) is 7.56. The van der Waals surface area contributed by atoms with Crippen LogP contribution in [0.4, 0.5) is 10.1 Å². The maximum Gasteiger partial charge on any atom is 0.313 e. The van der Waals surface area contributed by atoms with Gasteiger partial charge in [0, 0.05) is 31.2 Å². The van der Waals surface area contributed by atoms with Crippen LogP contribution in [0.5, 0.6) is 0 Å². The van der Waals surface area contributed by atoms with Gasteiger partial charge in [-0.1, -0.05) is 0 Å². The summed E-state index contributed by atoms with van der Waals surface area (Å²) in [4.78, 5) is 25.6. The molecule has 3 rings (SSSR count). The van der Waals surface area contributed by atoms with Crippen molar-refractivity contribution in [2.24, 2.45) is 5.92 Å². The van der Waals surface area contributed by atoms with Gasteiger partial charge in [-0.25, -0.2) is 4.39 Å². The Kier molecular flexibility index (Phi) is 4.61. The van der Waals surface area contributed by atoms with E-state index in [9.17, 15) is 14.0 Å². The lowest BCUT2D eigenvalue weighted by atomic mass is 10.1. The average Bonchev–Trinajstić information content (AvgIpc) is 3.27. The van der Waals surface area contributed by atoms with Crippen molar-refractivity contribution in [2.45, 2.75) is 6.42 Å². The molecule has 2 aromatic rings. The van der Waals surface area contributed by atoms with Gasteiger partial charge in [-0.3, -0.25) is 9.59 Å². The maximum atomic E-state index is 13.9. The fraction of sp³-hybridized carbons (Fsp3) is 0.294. The molecule has 0 bridgehead atoms. The zero-order valence-corrected chi connectivity index (χ0v) is 12.9. The molecule has 2 amide bonds. The molecule has 1 unspecified atom stereocenters. The van der Waals surface area contributed by atoms with Gasteiger partial charge in [-0.05, 0) is 36.8 Å². The van der Waals surface area contributed by atoms with Crippen LogP contribution in [-0.2, 0) is 9.59 Å². The van der Waals surface area contributed by atoms with E-state index in [-0.39, 0.29) is 18.2 Å². The molecule has 24 heavy (non-hydrogen) atoms. The Balaban J connectivity index is 1.72. The number of aliphatic hydroxyl groups excluding tert-OH is 1. The topological polar surface area (TPSA) is 82.8 Å². The monoisotopic (exact) mass is 332 g/mol. The number of furan rings is 1. The maximum absolute atomic E-state index is 13.9. The Labute approximate surface area is 137 Å². The summed E-state index contributed by atoms with van der Waals surface area (Å²) in [5, 5.41) is 11.4. The Bertz CT molecular complexity index is 745. The van der Waals surface area contributed by atoms with E-state index in [1.54, 1.807) is 12.1 Å². The third-order valence-corrected chi connectivity index (χ3v) is 4.05. The molecule has 1 aromatic carbocycles. The highest BCUT2D eigenvalue weighted by atomic mass is 19.1. The van der Waals surface area contributed by atoms with Crippen LogP contribution in [0, 0.1) is 11.7 Å². The van der Waals surface area contributed by atoms with Crippen LogP contribution in [0.2, 0.25) is 0 Å². The Morgan fingerprint density at radius 1 is 1.38 bits per heavy atom. The molecule has 1 aliphatic heterocycles. The van der Waals surface area contributed by atoms with Crippen molar-refractivity contribution >= 4 is 17.5 Å². The number of halogens is 1. The SMILES string of the molecule is O=C(Nc1cc(-c2ccco2)ccc1F)C(=O)N1CCC(CO)C1. The molecular weight excluding hydrogens is 315 g/mol. The highest BCUT2D eigenvalue weighted by Crippen LogP contribution is 2.25. The summed E-state index contributed by atoms with van der Waals surface area (Å²) in [6.45, 7) is 0.718. The number of carbonyl (C=O) groups excluding carboxylic acids is 2. The molecule has 7 heteroatoms. The molecule has 0 spiro atoms. The molecule has 126 valence electrons. The molecular formula is C17H17FN2O4. The lowest BCUT2D eigenvalue weighted by Gasteiger charge is -2.16. The van der Waals surface area contributed by atoms with Gasteiger partial charge in [0.25, 0.3) is 0 Å². The molecule has 6 nitrogen and oxygen atoms in total. The van der Waals surface area contributed by atoms with Crippen LogP contribution in [0.3, 0.4) is 0 Å². The highest BCUT2D eigenvalue weighted by Gasteiger charge is 2.30. The molecule has 1 saturated heterocycles. The normalized spacial score (nSPS) is 17.1. The number of hydrogen-bond donors (Lipinski definition) is 2. The van der Waals surface area contributed by atoms with E-state index in [4.69, 9.17) is 9.52 Å². The van der Waals surface area contributed by atoms with Crippen molar-refractivity contribution in [1.29, 1.82) is 0 Å². The van der Waals surface area contributed by atoms with Crippen molar-refractivity contribution in [1.82, 2.24) is 4.90 Å². The second-order valence-corrected chi connectivity index (χ2v) is 5.71. The molecule has 1 fully saturated rings. The van der Waals surface area contributed by atoms with Crippen LogP contribution >= 0.6 is 0 Å². The number of likely N-dealkylation sites (tertiary alicyclic amines) is 1. The Morgan fingerprint density at radius 2 is 2.21 bits per heavy atom. The number of hydrogen-bond acceptors (Lipinski definition) is 4. The number of rotatable bonds is 3. The molecule has 1 atom stereocenters. The number of nitrogens with zero attached hydrogens (tertiary/aromatic N) is 1. The Morgan fingerprint density at radius 3 is 2.88 bits per heavy atom. The third-order valence-electron chi connectivity index (χ3n) is 4.05. The predicted molar refractivity (Wildman–Crippen MR) is 84.5 cm³/mol. The van der Waals surface area contributed by atoms with Crippen molar-refractivity contribution < 1.29 is 23.5 Å². The number of benzene rings is 1. The lowest BCUT2D eigenvalue weighted by Crippen LogP contribution is -2.38. The van der Waals surface area contributed by atoms with Gasteiger partial charge in [0.15, 0.2) is 0 Å². The van der Waals surface area contributed by atoms with E-state index in [0.717, 1.165) is 0 Å². The molecule has 1 aliphatic rings. The fourth-order valence-corrected chi connectivity index (χ4v) is 2.70. The molecule has 0 radical (unpaired) electrons. The number of aliphatic hydroxyl groups is 1. The highest BCUT2D eigenvalue weighted by molar-refractivity contribution is 6.39. The van der Waals surface area contributed by atoms with Crippen LogP contribution in [0.1, 0.15) is 6.42 Å². The number of nitrogens with one attached hydrogen (secondary N) is 1. The van der Waals surface area contributed by atoms with Crippen molar-refractivity contribution in [3.63, 3.8) is 0 Å². The fourth-order valence-electron chi connectivity index (χ4n) is 2.70. The minimum Gasteiger partial charge on any atom is -0.464 e. The number of amides is 2. The molecule has 0 saturated carbocycles. The first-order chi connectivity index (χ1) is 11.6. The van der Waals surface area contributed by atoms with E-state index < -0.39 is 17.6 Å². The second kappa shape index (κ2) is 6.84. The lowest BCUT2D eigenvalue weighted by molar-refractivity contribution is -0.142. The summed E-state index contributed by atoms with van der Waals surface area (Å²) >= 11 is 0. The third kappa shape index (κ3) is 3.30. The summed E-state index contributed by atoms with van der Waals surface area (Å²) in [7, 11) is 0. The van der Waals surface area contributed by atoms with Crippen LogP contribution in [0.15, 0.2) is 41.0 Å². The molecule has 2 heterocycles. The summed E-state index contributed by atoms with van der Waals surface area (Å²) in [5.41, 5.74) is 0.505. The van der Waals surface area contributed by atoms with Crippen LogP contribution in [0.25, 0.3) is 11.3 Å².